The lowest BCUT2D eigenvalue weighted by atomic mass is 10.1. The summed E-state index contributed by atoms with van der Waals surface area (Å²) in [5, 5.41) is 1.77. The van der Waals surface area contributed by atoms with Crippen LogP contribution in [-0.4, -0.2) is 41.1 Å². The third-order valence-electron chi connectivity index (χ3n) is 3.83. The van der Waals surface area contributed by atoms with Crippen LogP contribution in [0.4, 0.5) is 18.9 Å². The number of carbonyl (C=O) groups is 1. The van der Waals surface area contributed by atoms with Crippen molar-refractivity contribution in [2.24, 2.45) is 0 Å². The van der Waals surface area contributed by atoms with Crippen LogP contribution in [0.5, 0.6) is 0 Å². The molecule has 2 rings (SSSR count). The van der Waals surface area contributed by atoms with E-state index in [0.29, 0.717) is 5.56 Å². The van der Waals surface area contributed by atoms with E-state index < -0.39 is 21.9 Å². The Balaban J connectivity index is 2.10. The lowest BCUT2D eigenvalue weighted by Crippen LogP contribution is -2.37. The lowest BCUT2D eigenvalue weighted by molar-refractivity contribution is -0.173. The van der Waals surface area contributed by atoms with Gasteiger partial charge in [-0.15, -0.1) is 0 Å². The Morgan fingerprint density at radius 1 is 1.04 bits per heavy atom. The van der Waals surface area contributed by atoms with Crippen LogP contribution < -0.4 is 10.2 Å². The van der Waals surface area contributed by atoms with Gasteiger partial charge in [0.05, 0.1) is 9.79 Å². The van der Waals surface area contributed by atoms with Gasteiger partial charge in [0.2, 0.25) is 9.84 Å². The van der Waals surface area contributed by atoms with Crippen molar-refractivity contribution in [3.8, 4) is 0 Å². The molecule has 0 aliphatic heterocycles. The summed E-state index contributed by atoms with van der Waals surface area (Å²) in [6.07, 6.45) is -4.77. The zero-order valence-electron chi connectivity index (χ0n) is 14.7. The summed E-state index contributed by atoms with van der Waals surface area (Å²) >= 11 is 0. The van der Waals surface area contributed by atoms with Crippen LogP contribution in [0.15, 0.2) is 58.3 Å². The van der Waals surface area contributed by atoms with Crippen molar-refractivity contribution >= 4 is 21.4 Å². The van der Waals surface area contributed by atoms with E-state index in [9.17, 15) is 26.4 Å². The molecule has 0 heterocycles. The molecular formula is C18H19F3N2O3S. The number of nitrogens with zero attached hydrogens (tertiary/aromatic N) is 1. The number of sulfone groups is 1. The number of benzene rings is 2. The number of amides is 1. The summed E-state index contributed by atoms with van der Waals surface area (Å²) in [5.74, 6) is -2.00. The highest BCUT2D eigenvalue weighted by molar-refractivity contribution is 7.91. The number of rotatable bonds is 6. The fourth-order valence-electron chi connectivity index (χ4n) is 2.32. The first-order valence-corrected chi connectivity index (χ1v) is 9.46. The topological polar surface area (TPSA) is 66.5 Å². The van der Waals surface area contributed by atoms with Gasteiger partial charge in [0.1, 0.15) is 0 Å². The molecule has 2 aromatic carbocycles. The third-order valence-corrected chi connectivity index (χ3v) is 5.60. The maximum atomic E-state index is 12.7. The molecule has 0 saturated heterocycles. The number of nitrogens with one attached hydrogen (secondary N) is 1. The van der Waals surface area contributed by atoms with Crippen molar-refractivity contribution in [1.29, 1.82) is 0 Å². The van der Waals surface area contributed by atoms with Crippen LogP contribution in [0.1, 0.15) is 5.56 Å². The van der Waals surface area contributed by atoms with Crippen LogP contribution >= 0.6 is 0 Å². The first-order chi connectivity index (χ1) is 12.5. The summed E-state index contributed by atoms with van der Waals surface area (Å²) in [7, 11) is -0.103. The lowest BCUT2D eigenvalue weighted by Gasteiger charge is -2.14. The molecule has 0 unspecified atom stereocenters. The van der Waals surface area contributed by atoms with Crippen LogP contribution in [0.3, 0.4) is 0 Å². The summed E-state index contributed by atoms with van der Waals surface area (Å²) < 4.78 is 61.8. The number of carbonyl (C=O) groups excluding carboxylic acids is 1. The highest BCUT2D eigenvalue weighted by atomic mass is 32.2. The van der Waals surface area contributed by atoms with Gasteiger partial charge in [-0.05, 0) is 42.3 Å². The quantitative estimate of drug-likeness (QED) is 0.810. The van der Waals surface area contributed by atoms with Crippen molar-refractivity contribution in [3.63, 3.8) is 0 Å². The van der Waals surface area contributed by atoms with Crippen molar-refractivity contribution < 1.29 is 26.4 Å². The average Bonchev–Trinajstić information content (AvgIpc) is 2.61. The predicted molar refractivity (Wildman–Crippen MR) is 95.4 cm³/mol. The SMILES string of the molecule is CN(C)c1cccc(S(=O)(=O)c2ccc(CCNC(=O)C(F)(F)F)cc2)c1. The van der Waals surface area contributed by atoms with E-state index >= 15 is 0 Å². The molecule has 0 radical (unpaired) electrons. The third kappa shape index (κ3) is 5.22. The molecule has 0 atom stereocenters. The van der Waals surface area contributed by atoms with Crippen molar-refractivity contribution in [1.82, 2.24) is 5.32 Å². The van der Waals surface area contributed by atoms with Gasteiger partial charge >= 0.3 is 12.1 Å². The number of hydrogen-bond acceptors (Lipinski definition) is 4. The molecule has 0 aliphatic carbocycles. The van der Waals surface area contributed by atoms with E-state index in [1.54, 1.807) is 42.5 Å². The van der Waals surface area contributed by atoms with Gasteiger partial charge in [-0.3, -0.25) is 4.79 Å². The molecule has 0 aromatic heterocycles. The van der Waals surface area contributed by atoms with Gasteiger partial charge in [0.25, 0.3) is 0 Å². The van der Waals surface area contributed by atoms with Crippen LogP contribution in [0.2, 0.25) is 0 Å². The minimum absolute atomic E-state index is 0.0847. The summed E-state index contributed by atoms with van der Waals surface area (Å²) in [5.41, 5.74) is 1.35. The molecule has 1 amide bonds. The van der Waals surface area contributed by atoms with Gasteiger partial charge in [-0.2, -0.15) is 13.2 Å². The van der Waals surface area contributed by atoms with E-state index in [2.05, 4.69) is 0 Å². The Hall–Kier alpha value is -2.55. The average molecular weight is 400 g/mol. The summed E-state index contributed by atoms with van der Waals surface area (Å²) in [6, 6.07) is 12.3. The van der Waals surface area contributed by atoms with E-state index in [0.717, 1.165) is 5.69 Å². The highest BCUT2D eigenvalue weighted by Crippen LogP contribution is 2.24. The molecule has 0 saturated carbocycles. The molecule has 5 nitrogen and oxygen atoms in total. The molecule has 146 valence electrons. The smallest absolute Gasteiger partial charge is 0.378 e. The zero-order valence-corrected chi connectivity index (χ0v) is 15.6. The number of alkyl halides is 3. The Labute approximate surface area is 155 Å². The van der Waals surface area contributed by atoms with Gasteiger partial charge in [-0.1, -0.05) is 18.2 Å². The molecule has 2 aromatic rings. The van der Waals surface area contributed by atoms with Gasteiger partial charge in [-0.25, -0.2) is 8.42 Å². The predicted octanol–water partition coefficient (Wildman–Crippen LogP) is 2.81. The molecule has 9 heteroatoms. The van der Waals surface area contributed by atoms with E-state index in [4.69, 9.17) is 0 Å². The number of halogens is 3. The number of hydrogen-bond donors (Lipinski definition) is 1. The second-order valence-electron chi connectivity index (χ2n) is 6.04. The summed E-state index contributed by atoms with van der Waals surface area (Å²) in [6.45, 7) is -0.199. The minimum atomic E-state index is -4.92. The van der Waals surface area contributed by atoms with Gasteiger partial charge in [0.15, 0.2) is 0 Å². The van der Waals surface area contributed by atoms with E-state index in [1.807, 2.05) is 0 Å². The molecule has 0 fully saturated rings. The molecule has 27 heavy (non-hydrogen) atoms. The fourth-order valence-corrected chi connectivity index (χ4v) is 3.62. The summed E-state index contributed by atoms with van der Waals surface area (Å²) in [4.78, 5) is 12.8. The standard InChI is InChI=1S/C18H19F3N2O3S/c1-23(2)14-4-3-5-16(12-14)27(25,26)15-8-6-13(7-9-15)10-11-22-17(24)18(19,20)21/h3-9,12H,10-11H2,1-2H3,(H,22,24). The maximum Gasteiger partial charge on any atom is 0.471 e. The maximum absolute atomic E-state index is 12.7. The number of anilines is 1. The Morgan fingerprint density at radius 3 is 2.22 bits per heavy atom. The molecule has 0 bridgehead atoms. The monoisotopic (exact) mass is 400 g/mol. The molecule has 1 N–H and O–H groups in total. The van der Waals surface area contributed by atoms with E-state index in [1.165, 1.54) is 30.3 Å². The second kappa shape index (κ2) is 7.99. The fraction of sp³-hybridized carbons (Fsp3) is 0.278. The van der Waals surface area contributed by atoms with Crippen LogP contribution in [-0.2, 0) is 21.1 Å². The molecule has 0 spiro atoms. The second-order valence-corrected chi connectivity index (χ2v) is 7.99. The van der Waals surface area contributed by atoms with Gasteiger partial charge < -0.3 is 10.2 Å². The van der Waals surface area contributed by atoms with Gasteiger partial charge in [0, 0.05) is 26.3 Å². The van der Waals surface area contributed by atoms with Crippen LogP contribution in [0, 0.1) is 0 Å². The van der Waals surface area contributed by atoms with E-state index in [-0.39, 0.29) is 22.8 Å². The zero-order chi connectivity index (χ0) is 20.2. The normalized spacial score (nSPS) is 11.9. The van der Waals surface area contributed by atoms with Crippen molar-refractivity contribution in [2.75, 3.05) is 25.5 Å². The minimum Gasteiger partial charge on any atom is -0.378 e. The van der Waals surface area contributed by atoms with Crippen molar-refractivity contribution in [3.05, 3.63) is 54.1 Å². The first-order valence-electron chi connectivity index (χ1n) is 7.98. The highest BCUT2D eigenvalue weighted by Gasteiger charge is 2.38. The largest absolute Gasteiger partial charge is 0.471 e. The Bertz CT molecular complexity index is 908. The molecular weight excluding hydrogens is 381 g/mol. The Kier molecular flexibility index (Phi) is 6.15. The first kappa shape index (κ1) is 20.8. The van der Waals surface area contributed by atoms with Crippen molar-refractivity contribution in [2.45, 2.75) is 22.4 Å². The Morgan fingerprint density at radius 2 is 1.67 bits per heavy atom. The molecule has 0 aliphatic rings. The van der Waals surface area contributed by atoms with Crippen LogP contribution in [0.25, 0.3) is 0 Å².